The van der Waals surface area contributed by atoms with E-state index in [-0.39, 0.29) is 17.3 Å². The lowest BCUT2D eigenvalue weighted by atomic mass is 10.2. The number of hydrogen-bond donors (Lipinski definition) is 2. The van der Waals surface area contributed by atoms with Crippen LogP contribution < -0.4 is 10.6 Å². The lowest BCUT2D eigenvalue weighted by Crippen LogP contribution is -2.26. The molecule has 3 aromatic heterocycles. The quantitative estimate of drug-likeness (QED) is 0.619. The SMILES string of the molecule is Cn1cc2c(n1)C(=O)NCCCCCn1cc(cn1)-c1nc(co1)C(=O)N2. The lowest BCUT2D eigenvalue weighted by Gasteiger charge is -2.06. The smallest absolute Gasteiger partial charge is 0.277 e. The molecule has 140 valence electrons. The monoisotopic (exact) mass is 369 g/mol. The second-order valence-electron chi connectivity index (χ2n) is 6.37. The summed E-state index contributed by atoms with van der Waals surface area (Å²) < 4.78 is 8.71. The van der Waals surface area contributed by atoms with Crippen molar-refractivity contribution < 1.29 is 14.0 Å². The normalized spacial score (nSPS) is 15.6. The Morgan fingerprint density at radius 3 is 2.93 bits per heavy atom. The number of rotatable bonds is 0. The van der Waals surface area contributed by atoms with Gasteiger partial charge in [-0.2, -0.15) is 10.2 Å². The van der Waals surface area contributed by atoms with Crippen LogP contribution in [-0.4, -0.2) is 42.9 Å². The van der Waals surface area contributed by atoms with Crippen molar-refractivity contribution in [3.63, 3.8) is 0 Å². The fraction of sp³-hybridized carbons (Fsp3) is 0.353. The molecule has 0 spiro atoms. The van der Waals surface area contributed by atoms with Gasteiger partial charge in [-0.3, -0.25) is 19.0 Å². The zero-order chi connectivity index (χ0) is 18.8. The Morgan fingerprint density at radius 2 is 2.04 bits per heavy atom. The molecule has 1 aliphatic heterocycles. The molecule has 10 heteroatoms. The summed E-state index contributed by atoms with van der Waals surface area (Å²) in [5.74, 6) is -0.490. The van der Waals surface area contributed by atoms with Crippen molar-refractivity contribution in [2.24, 2.45) is 7.05 Å². The molecule has 0 saturated heterocycles. The van der Waals surface area contributed by atoms with Gasteiger partial charge in [0.15, 0.2) is 11.4 Å². The third-order valence-corrected chi connectivity index (χ3v) is 4.26. The summed E-state index contributed by atoms with van der Waals surface area (Å²) in [5, 5.41) is 14.0. The van der Waals surface area contributed by atoms with Gasteiger partial charge in [0.1, 0.15) is 6.26 Å². The van der Waals surface area contributed by atoms with E-state index < -0.39 is 5.91 Å². The molecule has 2 amide bonds. The van der Waals surface area contributed by atoms with Crippen molar-refractivity contribution in [1.29, 1.82) is 0 Å². The lowest BCUT2D eigenvalue weighted by molar-refractivity contribution is 0.0948. The maximum absolute atomic E-state index is 12.5. The summed E-state index contributed by atoms with van der Waals surface area (Å²) in [6.07, 6.45) is 9.08. The van der Waals surface area contributed by atoms with Crippen LogP contribution in [0.4, 0.5) is 5.69 Å². The van der Waals surface area contributed by atoms with E-state index in [1.807, 2.05) is 10.9 Å². The highest BCUT2D eigenvalue weighted by Gasteiger charge is 2.21. The highest BCUT2D eigenvalue weighted by molar-refractivity contribution is 6.07. The number of fused-ring (bicyclic) bond motifs is 6. The van der Waals surface area contributed by atoms with E-state index in [4.69, 9.17) is 4.42 Å². The minimum atomic E-state index is -0.483. The zero-order valence-electron chi connectivity index (χ0n) is 14.8. The molecule has 0 saturated carbocycles. The number of nitrogens with one attached hydrogen (secondary N) is 2. The number of hydrogen-bond acceptors (Lipinski definition) is 6. The molecule has 0 aromatic carbocycles. The molecule has 0 unspecified atom stereocenters. The van der Waals surface area contributed by atoms with Gasteiger partial charge in [0.05, 0.1) is 17.4 Å². The molecule has 0 radical (unpaired) electrons. The summed E-state index contributed by atoms with van der Waals surface area (Å²) in [5.41, 5.74) is 1.30. The Morgan fingerprint density at radius 1 is 1.15 bits per heavy atom. The van der Waals surface area contributed by atoms with Crippen molar-refractivity contribution in [2.45, 2.75) is 25.8 Å². The van der Waals surface area contributed by atoms with Crippen molar-refractivity contribution in [2.75, 3.05) is 11.9 Å². The van der Waals surface area contributed by atoms with Gasteiger partial charge in [-0.05, 0) is 19.3 Å². The Hall–Kier alpha value is -3.43. The van der Waals surface area contributed by atoms with E-state index in [0.29, 0.717) is 23.7 Å². The number of oxazole rings is 1. The average Bonchev–Trinajstić information content (AvgIpc) is 3.36. The highest BCUT2D eigenvalue weighted by Crippen LogP contribution is 2.20. The molecule has 4 rings (SSSR count). The third-order valence-electron chi connectivity index (χ3n) is 4.26. The Labute approximate surface area is 154 Å². The van der Waals surface area contributed by atoms with Crippen molar-refractivity contribution in [3.05, 3.63) is 36.2 Å². The summed E-state index contributed by atoms with van der Waals surface area (Å²) in [6, 6.07) is 0. The fourth-order valence-corrected chi connectivity index (χ4v) is 2.90. The summed E-state index contributed by atoms with van der Waals surface area (Å²) in [6.45, 7) is 1.30. The standard InChI is InChI=1S/C17H19N7O3/c1-23-9-12-14(22-23)16(26)18-5-3-2-4-6-24-8-11(7-19-24)17-21-13(10-27-17)15(25)20-12/h7-10H,2-6H2,1H3,(H,18,26)(H,20,25). The number of nitrogens with zero attached hydrogens (tertiary/aromatic N) is 5. The maximum Gasteiger partial charge on any atom is 0.277 e. The van der Waals surface area contributed by atoms with Gasteiger partial charge in [0, 0.05) is 32.5 Å². The molecule has 10 nitrogen and oxygen atoms in total. The van der Waals surface area contributed by atoms with Crippen LogP contribution in [0.5, 0.6) is 0 Å². The van der Waals surface area contributed by atoms with Crippen LogP contribution in [0, 0.1) is 0 Å². The maximum atomic E-state index is 12.5. The van der Waals surface area contributed by atoms with E-state index in [9.17, 15) is 9.59 Å². The average molecular weight is 369 g/mol. The summed E-state index contributed by atoms with van der Waals surface area (Å²) in [7, 11) is 1.68. The third kappa shape index (κ3) is 3.59. The molecule has 0 atom stereocenters. The van der Waals surface area contributed by atoms with Gasteiger partial charge >= 0.3 is 0 Å². The number of carbonyl (C=O) groups excluding carboxylic acids is 2. The first kappa shape index (κ1) is 17.0. The molecule has 3 aromatic rings. The molecular formula is C17H19N7O3. The number of carbonyl (C=O) groups is 2. The minimum Gasteiger partial charge on any atom is -0.444 e. The molecular weight excluding hydrogens is 350 g/mol. The summed E-state index contributed by atoms with van der Waals surface area (Å²) >= 11 is 0. The molecule has 2 N–H and O–H groups in total. The van der Waals surface area contributed by atoms with Crippen LogP contribution in [0.3, 0.4) is 0 Å². The first-order chi connectivity index (χ1) is 13.1. The van der Waals surface area contributed by atoms with Crippen LogP contribution in [0.15, 0.2) is 29.3 Å². The summed E-state index contributed by atoms with van der Waals surface area (Å²) in [4.78, 5) is 29.1. The van der Waals surface area contributed by atoms with Crippen molar-refractivity contribution in [1.82, 2.24) is 29.9 Å². The van der Waals surface area contributed by atoms with Crippen LogP contribution in [0.1, 0.15) is 40.2 Å². The van der Waals surface area contributed by atoms with Crippen LogP contribution >= 0.6 is 0 Å². The van der Waals surface area contributed by atoms with Crippen molar-refractivity contribution >= 4 is 17.5 Å². The zero-order valence-corrected chi connectivity index (χ0v) is 14.8. The van der Waals surface area contributed by atoms with Gasteiger partial charge in [-0.15, -0.1) is 0 Å². The molecule has 4 bridgehead atoms. The van der Waals surface area contributed by atoms with Crippen LogP contribution in [-0.2, 0) is 13.6 Å². The number of aryl methyl sites for hydroxylation is 2. The van der Waals surface area contributed by atoms with Gasteiger partial charge in [0.25, 0.3) is 11.8 Å². The minimum absolute atomic E-state index is 0.109. The van der Waals surface area contributed by atoms with Gasteiger partial charge in [0.2, 0.25) is 5.89 Å². The largest absolute Gasteiger partial charge is 0.444 e. The van der Waals surface area contributed by atoms with E-state index >= 15 is 0 Å². The fourth-order valence-electron chi connectivity index (χ4n) is 2.90. The van der Waals surface area contributed by atoms with E-state index in [1.54, 1.807) is 19.4 Å². The van der Waals surface area contributed by atoms with E-state index in [1.165, 1.54) is 10.9 Å². The van der Waals surface area contributed by atoms with Gasteiger partial charge in [-0.25, -0.2) is 4.98 Å². The predicted molar refractivity (Wildman–Crippen MR) is 95.1 cm³/mol. The van der Waals surface area contributed by atoms with Crippen molar-refractivity contribution in [3.8, 4) is 11.5 Å². The second-order valence-corrected chi connectivity index (χ2v) is 6.37. The Bertz CT molecular complexity index is 984. The topological polar surface area (TPSA) is 120 Å². The van der Waals surface area contributed by atoms with Crippen LogP contribution in [0.2, 0.25) is 0 Å². The van der Waals surface area contributed by atoms with E-state index in [0.717, 1.165) is 25.8 Å². The Kier molecular flexibility index (Phi) is 4.45. The van der Waals surface area contributed by atoms with Gasteiger partial charge < -0.3 is 15.1 Å². The molecule has 4 heterocycles. The number of aromatic nitrogens is 5. The Balaban J connectivity index is 1.65. The molecule has 0 fully saturated rings. The molecule has 27 heavy (non-hydrogen) atoms. The van der Waals surface area contributed by atoms with Crippen LogP contribution in [0.25, 0.3) is 11.5 Å². The van der Waals surface area contributed by atoms with E-state index in [2.05, 4.69) is 25.8 Å². The predicted octanol–water partition coefficient (Wildman–Crippen LogP) is 1.44. The number of anilines is 1. The first-order valence-electron chi connectivity index (χ1n) is 8.72. The second kappa shape index (κ2) is 7.06. The highest BCUT2D eigenvalue weighted by atomic mass is 16.3. The van der Waals surface area contributed by atoms with Gasteiger partial charge in [-0.1, -0.05) is 0 Å². The molecule has 1 aliphatic rings. The molecule has 0 aliphatic carbocycles. The number of amides is 2. The first-order valence-corrected chi connectivity index (χ1v) is 8.72.